The van der Waals surface area contributed by atoms with Crippen LogP contribution >= 0.6 is 11.8 Å². The highest BCUT2D eigenvalue weighted by Crippen LogP contribution is 2.64. The highest BCUT2D eigenvalue weighted by atomic mass is 32.2. The summed E-state index contributed by atoms with van der Waals surface area (Å²) in [6.07, 6.45) is -9.70. The van der Waals surface area contributed by atoms with Crippen molar-refractivity contribution in [3.8, 4) is 0 Å². The molecule has 0 saturated carbocycles. The number of alkyl halides is 17. The van der Waals surface area contributed by atoms with Gasteiger partial charge >= 0.3 is 47.6 Å². The molecule has 0 heterocycles. The van der Waals surface area contributed by atoms with Gasteiger partial charge in [-0.3, -0.25) is 0 Å². The topological polar surface area (TPSA) is 0 Å². The first kappa shape index (κ1) is 32.4. The minimum absolute atomic E-state index is 0.0731. The monoisotopic (exact) mass is 584 g/mol. The lowest BCUT2D eigenvalue weighted by Gasteiger charge is -2.42. The van der Waals surface area contributed by atoms with E-state index in [0.717, 1.165) is 0 Å². The molecular weight excluding hydrogens is 571 g/mol. The minimum atomic E-state index is -8.60. The lowest BCUT2D eigenvalue weighted by atomic mass is 9.88. The summed E-state index contributed by atoms with van der Waals surface area (Å²) in [4.78, 5) is 0.0731. The van der Waals surface area contributed by atoms with Crippen LogP contribution in [0.1, 0.15) is 18.9 Å². The molecular formula is C18H13F17S. The molecule has 0 radical (unpaired) electrons. The summed E-state index contributed by atoms with van der Waals surface area (Å²) in [7, 11) is 0. The summed E-state index contributed by atoms with van der Waals surface area (Å²) in [6.45, 7) is 1.71. The van der Waals surface area contributed by atoms with Crippen LogP contribution in [0.5, 0.6) is 0 Å². The fraction of sp³-hybridized carbons (Fsp3) is 0.667. The van der Waals surface area contributed by atoms with Gasteiger partial charge in [0.05, 0.1) is 0 Å². The molecule has 0 aromatic heterocycles. The molecule has 210 valence electrons. The molecule has 0 aliphatic carbocycles. The molecule has 0 amide bonds. The molecule has 0 saturated heterocycles. The van der Waals surface area contributed by atoms with E-state index in [0.29, 0.717) is 12.0 Å². The summed E-state index contributed by atoms with van der Waals surface area (Å²) >= 11 is 0.279. The molecule has 0 unspecified atom stereocenters. The van der Waals surface area contributed by atoms with Crippen LogP contribution in [0.25, 0.3) is 0 Å². The van der Waals surface area contributed by atoms with Crippen molar-refractivity contribution in [2.24, 2.45) is 0 Å². The van der Waals surface area contributed by atoms with Crippen LogP contribution in [0.4, 0.5) is 74.6 Å². The molecule has 18 heteroatoms. The number of hydrogen-bond acceptors (Lipinski definition) is 1. The van der Waals surface area contributed by atoms with Gasteiger partial charge in [0.1, 0.15) is 0 Å². The van der Waals surface area contributed by atoms with Crippen molar-refractivity contribution in [1.82, 2.24) is 0 Å². The van der Waals surface area contributed by atoms with Crippen molar-refractivity contribution in [2.45, 2.75) is 72.3 Å². The number of aryl methyl sites for hydroxylation is 1. The lowest BCUT2D eigenvalue weighted by molar-refractivity contribution is -0.461. The van der Waals surface area contributed by atoms with Crippen molar-refractivity contribution in [1.29, 1.82) is 0 Å². The second-order valence-electron chi connectivity index (χ2n) is 7.24. The van der Waals surface area contributed by atoms with Crippen molar-refractivity contribution >= 4 is 11.8 Å². The zero-order valence-corrected chi connectivity index (χ0v) is 18.1. The third kappa shape index (κ3) is 4.93. The lowest BCUT2D eigenvalue weighted by Crippen LogP contribution is -2.74. The minimum Gasteiger partial charge on any atom is -0.200 e. The predicted molar refractivity (Wildman–Crippen MR) is 91.8 cm³/mol. The van der Waals surface area contributed by atoms with E-state index in [4.69, 9.17) is 0 Å². The van der Waals surface area contributed by atoms with Crippen LogP contribution in [0.3, 0.4) is 0 Å². The van der Waals surface area contributed by atoms with Gasteiger partial charge in [-0.05, 0) is 24.1 Å². The van der Waals surface area contributed by atoms with Gasteiger partial charge in [-0.25, -0.2) is 0 Å². The van der Waals surface area contributed by atoms with E-state index in [-0.39, 0.29) is 16.7 Å². The predicted octanol–water partition coefficient (Wildman–Crippen LogP) is 8.74. The normalized spacial score (nSPS) is 15.4. The molecule has 0 aliphatic heterocycles. The Balaban J connectivity index is 3.30. The van der Waals surface area contributed by atoms with Crippen LogP contribution in [0.2, 0.25) is 0 Å². The first-order valence-electron chi connectivity index (χ1n) is 9.19. The molecule has 1 rings (SSSR count). The SMILES string of the molecule is CCc1ccc(SCCC(F)(F)C(F)(F)C(F)(F)C(F)(F)C(F)(F)C(F)(F)C(F)(F)C(F)(F)F)cc1. The third-order valence-electron chi connectivity index (χ3n) is 4.80. The summed E-state index contributed by atoms with van der Waals surface area (Å²) in [5, 5.41) is 0. The molecule has 1 aromatic carbocycles. The number of benzene rings is 1. The van der Waals surface area contributed by atoms with E-state index in [1.54, 1.807) is 6.92 Å². The Bertz CT molecular complexity index is 886. The summed E-state index contributed by atoms with van der Waals surface area (Å²) in [5.41, 5.74) is 0.715. The zero-order chi connectivity index (χ0) is 28.8. The molecule has 0 nitrogen and oxygen atoms in total. The van der Waals surface area contributed by atoms with Gasteiger partial charge in [-0.2, -0.15) is 74.6 Å². The van der Waals surface area contributed by atoms with E-state index in [9.17, 15) is 74.6 Å². The second kappa shape index (κ2) is 9.60. The van der Waals surface area contributed by atoms with E-state index >= 15 is 0 Å². The highest BCUT2D eigenvalue weighted by molar-refractivity contribution is 7.99. The van der Waals surface area contributed by atoms with Crippen molar-refractivity contribution in [2.75, 3.05) is 5.75 Å². The molecule has 0 atom stereocenters. The standard InChI is InChI=1S/C18H13F17S/c1-2-9-3-5-10(6-4-9)36-8-7-11(19,20)12(21,22)13(23,24)14(25,26)15(27,28)16(29,30)17(31,32)18(33,34)35/h3-6H,2,7-8H2,1H3. The Morgan fingerprint density at radius 2 is 0.889 bits per heavy atom. The Morgan fingerprint density at radius 3 is 1.25 bits per heavy atom. The first-order chi connectivity index (χ1) is 15.8. The average Bonchev–Trinajstić information content (AvgIpc) is 2.72. The molecule has 0 spiro atoms. The summed E-state index contributed by atoms with van der Waals surface area (Å²) in [6, 6.07) is 5.38. The van der Waals surface area contributed by atoms with Crippen LogP contribution < -0.4 is 0 Å². The average molecular weight is 584 g/mol. The fourth-order valence-electron chi connectivity index (χ4n) is 2.47. The Hall–Kier alpha value is -1.62. The van der Waals surface area contributed by atoms with Crippen LogP contribution in [-0.2, 0) is 6.42 Å². The van der Waals surface area contributed by atoms with Gasteiger partial charge in [-0.1, -0.05) is 19.1 Å². The van der Waals surface area contributed by atoms with Crippen molar-refractivity contribution in [3.05, 3.63) is 29.8 Å². The van der Waals surface area contributed by atoms with Crippen molar-refractivity contribution in [3.63, 3.8) is 0 Å². The number of thioether (sulfide) groups is 1. The van der Waals surface area contributed by atoms with Crippen molar-refractivity contribution < 1.29 is 74.6 Å². The third-order valence-corrected chi connectivity index (χ3v) is 5.82. The Labute approximate surface area is 195 Å². The van der Waals surface area contributed by atoms with Crippen LogP contribution in [-0.4, -0.2) is 53.4 Å². The smallest absolute Gasteiger partial charge is 0.200 e. The van der Waals surface area contributed by atoms with E-state index in [1.165, 1.54) is 24.3 Å². The summed E-state index contributed by atoms with van der Waals surface area (Å²) < 4.78 is 224. The van der Waals surface area contributed by atoms with Gasteiger partial charge in [0.2, 0.25) is 0 Å². The maximum absolute atomic E-state index is 13.8. The number of halogens is 17. The van der Waals surface area contributed by atoms with E-state index in [1.807, 2.05) is 0 Å². The zero-order valence-electron chi connectivity index (χ0n) is 17.3. The molecule has 0 aliphatic rings. The number of hydrogen-bond donors (Lipinski definition) is 0. The highest BCUT2D eigenvalue weighted by Gasteiger charge is 2.95. The largest absolute Gasteiger partial charge is 0.460 e. The quantitative estimate of drug-likeness (QED) is 0.185. The van der Waals surface area contributed by atoms with Gasteiger partial charge in [0.25, 0.3) is 0 Å². The first-order valence-corrected chi connectivity index (χ1v) is 10.2. The molecule has 0 bridgehead atoms. The Morgan fingerprint density at radius 1 is 0.528 bits per heavy atom. The van der Waals surface area contributed by atoms with Gasteiger partial charge in [0.15, 0.2) is 0 Å². The number of rotatable bonds is 11. The summed E-state index contributed by atoms with van der Waals surface area (Å²) in [5.74, 6) is -57.2. The second-order valence-corrected chi connectivity index (χ2v) is 8.41. The fourth-order valence-corrected chi connectivity index (χ4v) is 3.39. The van der Waals surface area contributed by atoms with E-state index < -0.39 is 59.8 Å². The van der Waals surface area contributed by atoms with Crippen LogP contribution in [0.15, 0.2) is 29.2 Å². The maximum atomic E-state index is 13.8. The van der Waals surface area contributed by atoms with E-state index in [2.05, 4.69) is 0 Å². The Kier molecular flexibility index (Phi) is 8.64. The van der Waals surface area contributed by atoms with Gasteiger partial charge in [0, 0.05) is 17.1 Å². The van der Waals surface area contributed by atoms with Crippen LogP contribution in [0, 0.1) is 0 Å². The maximum Gasteiger partial charge on any atom is 0.460 e. The molecule has 1 aromatic rings. The molecule has 0 N–H and O–H groups in total. The van der Waals surface area contributed by atoms with Gasteiger partial charge < -0.3 is 0 Å². The van der Waals surface area contributed by atoms with Gasteiger partial charge in [-0.15, -0.1) is 11.8 Å². The molecule has 36 heavy (non-hydrogen) atoms. The molecule has 0 fully saturated rings.